The number of aliphatic hydroxyl groups is 2. The molecular formula is C10H12N2O6. The third-order valence-electron chi connectivity index (χ3n) is 2.47. The largest absolute Gasteiger partial charge is 0.479 e. The van der Waals surface area contributed by atoms with Crippen molar-refractivity contribution in [3.8, 4) is 0 Å². The molecular weight excluding hydrogens is 244 g/mol. The lowest BCUT2D eigenvalue weighted by Gasteiger charge is -2.16. The van der Waals surface area contributed by atoms with E-state index in [-0.39, 0.29) is 22.5 Å². The highest BCUT2D eigenvalue weighted by Crippen LogP contribution is 2.30. The van der Waals surface area contributed by atoms with Crippen LogP contribution >= 0.6 is 0 Å². The van der Waals surface area contributed by atoms with E-state index in [9.17, 15) is 25.1 Å². The van der Waals surface area contributed by atoms with Gasteiger partial charge in [0.2, 0.25) is 0 Å². The van der Waals surface area contributed by atoms with Crippen LogP contribution in [0.4, 0.5) is 11.4 Å². The van der Waals surface area contributed by atoms with Crippen molar-refractivity contribution in [3.05, 3.63) is 33.4 Å². The van der Waals surface area contributed by atoms with E-state index in [1.54, 1.807) is 0 Å². The number of hydrogen-bond donors (Lipinski definition) is 4. The summed E-state index contributed by atoms with van der Waals surface area (Å²) in [4.78, 5) is 20.5. The number of nitrogens with zero attached hydrogens (tertiary/aromatic N) is 1. The number of carbonyl (C=O) groups is 1. The van der Waals surface area contributed by atoms with Gasteiger partial charge in [-0.15, -0.1) is 0 Å². The predicted molar refractivity (Wildman–Crippen MR) is 60.8 cm³/mol. The average Bonchev–Trinajstić information content (AvgIpc) is 2.29. The highest BCUT2D eigenvalue weighted by atomic mass is 16.6. The van der Waals surface area contributed by atoms with E-state index in [0.29, 0.717) is 0 Å². The molecule has 8 heteroatoms. The second-order valence-corrected chi connectivity index (χ2v) is 3.75. The molecule has 0 saturated heterocycles. The SMILES string of the molecule is Cc1cc(C(O)C(O)C(=O)O)c(N)cc1[N+](=O)[O-]. The molecule has 2 atom stereocenters. The standard InChI is InChI=1S/C10H12N2O6/c1-4-2-5(8(13)9(14)10(15)16)6(11)3-7(4)12(17)18/h2-3,8-9,13-14H,11H2,1H3,(H,15,16). The molecule has 0 aromatic heterocycles. The van der Waals surface area contributed by atoms with Crippen molar-refractivity contribution in [1.29, 1.82) is 0 Å². The molecule has 0 amide bonds. The first-order valence-electron chi connectivity index (χ1n) is 4.89. The van der Waals surface area contributed by atoms with E-state index in [1.165, 1.54) is 13.0 Å². The van der Waals surface area contributed by atoms with Crippen molar-refractivity contribution in [2.75, 3.05) is 5.73 Å². The second kappa shape index (κ2) is 4.98. The molecule has 0 aliphatic carbocycles. The van der Waals surface area contributed by atoms with Crippen LogP contribution in [-0.4, -0.2) is 32.3 Å². The Balaban J connectivity index is 3.23. The number of anilines is 1. The Morgan fingerprint density at radius 1 is 1.44 bits per heavy atom. The molecule has 8 nitrogen and oxygen atoms in total. The number of nitro groups is 1. The molecule has 18 heavy (non-hydrogen) atoms. The topological polar surface area (TPSA) is 147 Å². The zero-order chi connectivity index (χ0) is 14.0. The van der Waals surface area contributed by atoms with Gasteiger partial charge in [-0.05, 0) is 13.0 Å². The van der Waals surface area contributed by atoms with Gasteiger partial charge in [-0.1, -0.05) is 0 Å². The van der Waals surface area contributed by atoms with Crippen LogP contribution in [0.15, 0.2) is 12.1 Å². The number of nitrogens with two attached hydrogens (primary N) is 1. The lowest BCUT2D eigenvalue weighted by Crippen LogP contribution is -2.28. The fraction of sp³-hybridized carbons (Fsp3) is 0.300. The number of aryl methyl sites for hydroxylation is 1. The molecule has 5 N–H and O–H groups in total. The summed E-state index contributed by atoms with van der Waals surface area (Å²) in [5, 5.41) is 38.0. The summed E-state index contributed by atoms with van der Waals surface area (Å²) in [7, 11) is 0. The van der Waals surface area contributed by atoms with E-state index >= 15 is 0 Å². The number of rotatable bonds is 4. The first kappa shape index (κ1) is 13.9. The quantitative estimate of drug-likeness (QED) is 0.335. The minimum Gasteiger partial charge on any atom is -0.479 e. The lowest BCUT2D eigenvalue weighted by molar-refractivity contribution is -0.385. The van der Waals surface area contributed by atoms with Crippen LogP contribution in [-0.2, 0) is 4.79 Å². The summed E-state index contributed by atoms with van der Waals surface area (Å²) >= 11 is 0. The monoisotopic (exact) mass is 256 g/mol. The number of benzene rings is 1. The lowest BCUT2D eigenvalue weighted by atomic mass is 9.99. The molecule has 0 bridgehead atoms. The molecule has 1 aromatic rings. The van der Waals surface area contributed by atoms with Gasteiger partial charge in [0.1, 0.15) is 6.10 Å². The number of nitro benzene ring substituents is 1. The first-order valence-corrected chi connectivity index (χ1v) is 4.89. The normalized spacial score (nSPS) is 13.9. The summed E-state index contributed by atoms with van der Waals surface area (Å²) in [6, 6.07) is 2.20. The summed E-state index contributed by atoms with van der Waals surface area (Å²) in [6.07, 6.45) is -3.80. The Kier molecular flexibility index (Phi) is 3.84. The Hall–Kier alpha value is -2.19. The molecule has 0 aliphatic rings. The number of carboxylic acids is 1. The third-order valence-corrected chi connectivity index (χ3v) is 2.47. The summed E-state index contributed by atoms with van der Waals surface area (Å²) < 4.78 is 0. The number of aliphatic hydroxyl groups excluding tert-OH is 2. The molecule has 0 fully saturated rings. The van der Waals surface area contributed by atoms with Crippen LogP contribution in [0.3, 0.4) is 0 Å². The Morgan fingerprint density at radius 2 is 2.00 bits per heavy atom. The van der Waals surface area contributed by atoms with Crippen LogP contribution in [0.25, 0.3) is 0 Å². The van der Waals surface area contributed by atoms with Crippen LogP contribution in [0, 0.1) is 17.0 Å². The Bertz CT molecular complexity index is 501. The number of hydrogen-bond acceptors (Lipinski definition) is 6. The number of carboxylic acid groups (broad SMARTS) is 1. The summed E-state index contributed by atoms with van der Waals surface area (Å²) in [5.41, 5.74) is 5.25. The van der Waals surface area contributed by atoms with E-state index in [0.717, 1.165) is 6.07 Å². The van der Waals surface area contributed by atoms with E-state index in [4.69, 9.17) is 10.8 Å². The smallest absolute Gasteiger partial charge is 0.335 e. The molecule has 1 rings (SSSR count). The first-order chi connectivity index (χ1) is 8.25. The van der Waals surface area contributed by atoms with Gasteiger partial charge in [-0.3, -0.25) is 10.1 Å². The Morgan fingerprint density at radius 3 is 2.44 bits per heavy atom. The van der Waals surface area contributed by atoms with Crippen molar-refractivity contribution >= 4 is 17.3 Å². The van der Waals surface area contributed by atoms with Gasteiger partial charge in [0, 0.05) is 22.9 Å². The molecule has 2 unspecified atom stereocenters. The van der Waals surface area contributed by atoms with Gasteiger partial charge in [0.05, 0.1) is 4.92 Å². The highest BCUT2D eigenvalue weighted by Gasteiger charge is 2.28. The van der Waals surface area contributed by atoms with E-state index in [2.05, 4.69) is 0 Å². The van der Waals surface area contributed by atoms with Crippen LogP contribution in [0.5, 0.6) is 0 Å². The van der Waals surface area contributed by atoms with Crippen molar-refractivity contribution in [2.45, 2.75) is 19.1 Å². The maximum absolute atomic E-state index is 10.6. The van der Waals surface area contributed by atoms with Crippen molar-refractivity contribution in [1.82, 2.24) is 0 Å². The fourth-order valence-electron chi connectivity index (χ4n) is 1.49. The highest BCUT2D eigenvalue weighted by molar-refractivity contribution is 5.74. The van der Waals surface area contributed by atoms with Gasteiger partial charge in [0.25, 0.3) is 5.69 Å². The van der Waals surface area contributed by atoms with Crippen LogP contribution in [0.1, 0.15) is 17.2 Å². The maximum atomic E-state index is 10.6. The molecule has 0 heterocycles. The van der Waals surface area contributed by atoms with Crippen molar-refractivity contribution in [2.24, 2.45) is 0 Å². The van der Waals surface area contributed by atoms with E-state index in [1.807, 2.05) is 0 Å². The molecule has 0 aliphatic heterocycles. The molecule has 0 radical (unpaired) electrons. The minimum absolute atomic E-state index is 0.0620. The van der Waals surface area contributed by atoms with Crippen LogP contribution in [0.2, 0.25) is 0 Å². The number of nitrogen functional groups attached to an aromatic ring is 1. The molecule has 0 spiro atoms. The molecule has 98 valence electrons. The van der Waals surface area contributed by atoms with Gasteiger partial charge < -0.3 is 21.1 Å². The van der Waals surface area contributed by atoms with Crippen molar-refractivity contribution < 1.29 is 25.0 Å². The molecule has 1 aromatic carbocycles. The zero-order valence-electron chi connectivity index (χ0n) is 9.40. The average molecular weight is 256 g/mol. The van der Waals surface area contributed by atoms with Gasteiger partial charge in [0.15, 0.2) is 6.10 Å². The van der Waals surface area contributed by atoms with Gasteiger partial charge in [-0.2, -0.15) is 0 Å². The zero-order valence-corrected chi connectivity index (χ0v) is 9.40. The molecule has 0 saturated carbocycles. The van der Waals surface area contributed by atoms with E-state index < -0.39 is 23.1 Å². The minimum atomic E-state index is -2.05. The van der Waals surface area contributed by atoms with Gasteiger partial charge in [-0.25, -0.2) is 4.79 Å². The third kappa shape index (κ3) is 2.55. The van der Waals surface area contributed by atoms with Crippen molar-refractivity contribution in [3.63, 3.8) is 0 Å². The van der Waals surface area contributed by atoms with Gasteiger partial charge >= 0.3 is 5.97 Å². The summed E-state index contributed by atoms with van der Waals surface area (Å²) in [6.45, 7) is 1.42. The maximum Gasteiger partial charge on any atom is 0.335 e. The fourth-order valence-corrected chi connectivity index (χ4v) is 1.49. The second-order valence-electron chi connectivity index (χ2n) is 3.75. The summed E-state index contributed by atoms with van der Waals surface area (Å²) in [5.74, 6) is -1.61. The van der Waals surface area contributed by atoms with Crippen LogP contribution < -0.4 is 5.73 Å². The Labute approximate surface area is 101 Å². The predicted octanol–water partition coefficient (Wildman–Crippen LogP) is -0.0357. The number of aliphatic carboxylic acids is 1.